The first-order chi connectivity index (χ1) is 7.09. The number of hydrogen-bond donors (Lipinski definition) is 0. The third-order valence-corrected chi connectivity index (χ3v) is 2.22. The van der Waals surface area contributed by atoms with Crippen LogP contribution in [0.25, 0.3) is 0 Å². The third kappa shape index (κ3) is 1.60. The summed E-state index contributed by atoms with van der Waals surface area (Å²) >= 11 is 0. The molecule has 1 aliphatic rings. The average molecular weight is 212 g/mol. The number of cyclic esters (lactones) is 2. The number of benzene rings is 1. The SMILES string of the molecule is O=C1C[C@H](c2c(F)cccc2F)C(=O)O1. The minimum atomic E-state index is -1.15. The second-order valence-corrected chi connectivity index (χ2v) is 3.19. The Hall–Kier alpha value is -1.78. The lowest BCUT2D eigenvalue weighted by Crippen LogP contribution is -2.09. The predicted molar refractivity (Wildman–Crippen MR) is 44.8 cm³/mol. The molecule has 0 N–H and O–H groups in total. The van der Waals surface area contributed by atoms with Crippen LogP contribution in [0.4, 0.5) is 8.78 Å². The summed E-state index contributed by atoms with van der Waals surface area (Å²) in [5.41, 5.74) is -0.395. The average Bonchev–Trinajstić information content (AvgIpc) is 2.45. The Balaban J connectivity index is 2.46. The molecule has 1 aromatic carbocycles. The number of carbonyl (C=O) groups excluding carboxylic acids is 2. The lowest BCUT2D eigenvalue weighted by molar-refractivity contribution is -0.152. The first-order valence-corrected chi connectivity index (χ1v) is 4.28. The first-order valence-electron chi connectivity index (χ1n) is 4.28. The molecule has 0 saturated carbocycles. The Morgan fingerprint density at radius 3 is 2.27 bits per heavy atom. The molecule has 0 radical (unpaired) electrons. The van der Waals surface area contributed by atoms with Gasteiger partial charge in [0, 0.05) is 5.56 Å². The van der Waals surface area contributed by atoms with Crippen LogP contribution in [-0.4, -0.2) is 11.9 Å². The van der Waals surface area contributed by atoms with E-state index in [1.54, 1.807) is 0 Å². The van der Waals surface area contributed by atoms with Crippen LogP contribution in [0.3, 0.4) is 0 Å². The maximum absolute atomic E-state index is 13.2. The molecule has 0 aromatic heterocycles. The maximum Gasteiger partial charge on any atom is 0.321 e. The molecule has 1 fully saturated rings. The molecule has 0 amide bonds. The van der Waals surface area contributed by atoms with Gasteiger partial charge in [-0.3, -0.25) is 9.59 Å². The van der Waals surface area contributed by atoms with E-state index in [4.69, 9.17) is 0 Å². The summed E-state index contributed by atoms with van der Waals surface area (Å²) in [6.45, 7) is 0. The van der Waals surface area contributed by atoms with Crippen LogP contribution in [0.2, 0.25) is 0 Å². The van der Waals surface area contributed by atoms with Gasteiger partial charge in [0.1, 0.15) is 11.6 Å². The second kappa shape index (κ2) is 3.42. The summed E-state index contributed by atoms with van der Waals surface area (Å²) < 4.78 is 30.7. The van der Waals surface area contributed by atoms with Gasteiger partial charge < -0.3 is 4.74 Å². The molecule has 3 nitrogen and oxygen atoms in total. The molecule has 5 heteroatoms. The largest absolute Gasteiger partial charge is 0.393 e. The molecule has 0 unspecified atom stereocenters. The van der Waals surface area contributed by atoms with Crippen LogP contribution in [0.1, 0.15) is 17.9 Å². The number of halogens is 2. The van der Waals surface area contributed by atoms with Gasteiger partial charge in [0.15, 0.2) is 0 Å². The van der Waals surface area contributed by atoms with Crippen molar-refractivity contribution in [1.82, 2.24) is 0 Å². The zero-order valence-electron chi connectivity index (χ0n) is 7.50. The van der Waals surface area contributed by atoms with E-state index in [0.717, 1.165) is 12.1 Å². The van der Waals surface area contributed by atoms with Gasteiger partial charge in [-0.25, -0.2) is 8.78 Å². The molecule has 15 heavy (non-hydrogen) atoms. The minimum absolute atomic E-state index is 0.309. The van der Waals surface area contributed by atoms with E-state index in [-0.39, 0.29) is 6.42 Å². The second-order valence-electron chi connectivity index (χ2n) is 3.19. The predicted octanol–water partition coefficient (Wildman–Crippen LogP) is 1.52. The maximum atomic E-state index is 13.2. The smallest absolute Gasteiger partial charge is 0.321 e. The molecule has 0 aliphatic carbocycles. The standard InChI is InChI=1S/C10H6F2O3/c11-6-2-1-3-7(12)9(6)5-4-8(13)15-10(5)14/h1-3,5H,4H2/t5-/m1/s1. The van der Waals surface area contributed by atoms with Crippen molar-refractivity contribution in [2.45, 2.75) is 12.3 Å². The van der Waals surface area contributed by atoms with Gasteiger partial charge in [-0.15, -0.1) is 0 Å². The van der Waals surface area contributed by atoms with Crippen LogP contribution >= 0.6 is 0 Å². The van der Waals surface area contributed by atoms with Crippen molar-refractivity contribution in [3.8, 4) is 0 Å². The fraction of sp³-hybridized carbons (Fsp3) is 0.200. The summed E-state index contributed by atoms with van der Waals surface area (Å²) in [6, 6.07) is 3.26. The molecule has 0 spiro atoms. The van der Waals surface area contributed by atoms with Crippen LogP contribution in [0.5, 0.6) is 0 Å². The van der Waals surface area contributed by atoms with Gasteiger partial charge >= 0.3 is 11.9 Å². The summed E-state index contributed by atoms with van der Waals surface area (Å²) in [4.78, 5) is 21.9. The van der Waals surface area contributed by atoms with E-state index < -0.39 is 35.1 Å². The summed E-state index contributed by atoms with van der Waals surface area (Å²) in [5.74, 6) is -4.49. The summed E-state index contributed by atoms with van der Waals surface area (Å²) in [6.07, 6.45) is -0.309. The molecular weight excluding hydrogens is 206 g/mol. The number of hydrogen-bond acceptors (Lipinski definition) is 3. The highest BCUT2D eigenvalue weighted by Gasteiger charge is 2.37. The number of carbonyl (C=O) groups is 2. The molecule has 0 bridgehead atoms. The fourth-order valence-electron chi connectivity index (χ4n) is 1.54. The van der Waals surface area contributed by atoms with E-state index in [9.17, 15) is 18.4 Å². The highest BCUT2D eigenvalue weighted by Crippen LogP contribution is 2.31. The minimum Gasteiger partial charge on any atom is -0.393 e. The Bertz CT molecular complexity index is 422. The monoisotopic (exact) mass is 212 g/mol. The Labute approximate surface area is 83.7 Å². The number of esters is 2. The van der Waals surface area contributed by atoms with Gasteiger partial charge in [-0.1, -0.05) is 6.07 Å². The van der Waals surface area contributed by atoms with Crippen molar-refractivity contribution in [1.29, 1.82) is 0 Å². The number of ether oxygens (including phenoxy) is 1. The molecule has 1 aliphatic heterocycles. The van der Waals surface area contributed by atoms with Crippen molar-refractivity contribution in [3.63, 3.8) is 0 Å². The van der Waals surface area contributed by atoms with Crippen molar-refractivity contribution in [2.24, 2.45) is 0 Å². The Morgan fingerprint density at radius 1 is 1.20 bits per heavy atom. The summed E-state index contributed by atoms with van der Waals surface area (Å²) in [7, 11) is 0. The van der Waals surface area contributed by atoms with Gasteiger partial charge in [0.25, 0.3) is 0 Å². The topological polar surface area (TPSA) is 43.4 Å². The number of rotatable bonds is 1. The zero-order chi connectivity index (χ0) is 11.0. The molecule has 78 valence electrons. The normalized spacial score (nSPS) is 20.5. The van der Waals surface area contributed by atoms with E-state index in [2.05, 4.69) is 4.74 Å². The van der Waals surface area contributed by atoms with Crippen LogP contribution in [-0.2, 0) is 14.3 Å². The van der Waals surface area contributed by atoms with Crippen molar-refractivity contribution >= 4 is 11.9 Å². The van der Waals surface area contributed by atoms with Gasteiger partial charge in [0.05, 0.1) is 12.3 Å². The highest BCUT2D eigenvalue weighted by atomic mass is 19.1. The zero-order valence-corrected chi connectivity index (χ0v) is 7.50. The van der Waals surface area contributed by atoms with Crippen molar-refractivity contribution in [2.75, 3.05) is 0 Å². The van der Waals surface area contributed by atoms with Crippen molar-refractivity contribution in [3.05, 3.63) is 35.4 Å². The van der Waals surface area contributed by atoms with E-state index in [1.165, 1.54) is 6.07 Å². The van der Waals surface area contributed by atoms with Crippen LogP contribution in [0, 0.1) is 11.6 Å². The lowest BCUT2D eigenvalue weighted by atomic mass is 9.96. The van der Waals surface area contributed by atoms with Crippen molar-refractivity contribution < 1.29 is 23.1 Å². The first kappa shape index (κ1) is 9.76. The quantitative estimate of drug-likeness (QED) is 0.523. The molecular formula is C10H6F2O3. The summed E-state index contributed by atoms with van der Waals surface area (Å²) in [5, 5.41) is 0. The Morgan fingerprint density at radius 2 is 1.80 bits per heavy atom. The Kier molecular flexibility index (Phi) is 2.22. The van der Waals surface area contributed by atoms with Gasteiger partial charge in [0.2, 0.25) is 0 Å². The van der Waals surface area contributed by atoms with Crippen LogP contribution in [0.15, 0.2) is 18.2 Å². The van der Waals surface area contributed by atoms with E-state index in [1.807, 2.05) is 0 Å². The van der Waals surface area contributed by atoms with Crippen LogP contribution < -0.4 is 0 Å². The molecule has 1 aromatic rings. The molecule has 1 atom stereocenters. The third-order valence-electron chi connectivity index (χ3n) is 2.22. The van der Waals surface area contributed by atoms with Gasteiger partial charge in [-0.2, -0.15) is 0 Å². The van der Waals surface area contributed by atoms with Gasteiger partial charge in [-0.05, 0) is 12.1 Å². The van der Waals surface area contributed by atoms with E-state index >= 15 is 0 Å². The van der Waals surface area contributed by atoms with E-state index in [0.29, 0.717) is 0 Å². The fourth-order valence-corrected chi connectivity index (χ4v) is 1.54. The lowest BCUT2D eigenvalue weighted by Gasteiger charge is -2.07. The molecule has 1 saturated heterocycles. The highest BCUT2D eigenvalue weighted by molar-refractivity contribution is 5.97. The molecule has 2 rings (SSSR count). The molecule has 1 heterocycles.